The van der Waals surface area contributed by atoms with E-state index in [2.05, 4.69) is 10.1 Å². The topological polar surface area (TPSA) is 77.1 Å². The number of nitrogens with zero attached hydrogens (tertiary/aromatic N) is 1. The van der Waals surface area contributed by atoms with Crippen molar-refractivity contribution in [2.45, 2.75) is 25.7 Å². The first-order chi connectivity index (χ1) is 15.8. The molecule has 0 spiro atoms. The largest absolute Gasteiger partial charge is 0.486 e. The number of nitrogens with one attached hydrogen (secondary N) is 1. The zero-order valence-electron chi connectivity index (χ0n) is 17.7. The Kier molecular flexibility index (Phi) is 6.73. The second-order valence-electron chi connectivity index (χ2n) is 7.88. The third-order valence-corrected chi connectivity index (χ3v) is 5.36. The van der Waals surface area contributed by atoms with Crippen molar-refractivity contribution in [2.75, 3.05) is 31.3 Å². The molecular weight excluding hydrogens is 441 g/mol. The summed E-state index contributed by atoms with van der Waals surface area (Å²) in [7, 11) is 0. The van der Waals surface area contributed by atoms with Gasteiger partial charge in [-0.15, -0.1) is 0 Å². The fourth-order valence-corrected chi connectivity index (χ4v) is 3.70. The third-order valence-electron chi connectivity index (χ3n) is 5.36. The maximum atomic E-state index is 12.6. The number of ether oxygens (including phenoxy) is 3. The Labute approximate surface area is 188 Å². The van der Waals surface area contributed by atoms with Crippen LogP contribution in [-0.2, 0) is 27.5 Å². The lowest BCUT2D eigenvalue weighted by Gasteiger charge is -2.22. The van der Waals surface area contributed by atoms with E-state index in [9.17, 15) is 22.8 Å². The number of amides is 2. The van der Waals surface area contributed by atoms with Gasteiger partial charge in [-0.2, -0.15) is 13.2 Å². The van der Waals surface area contributed by atoms with E-state index in [1.54, 1.807) is 47.4 Å². The molecule has 2 aromatic rings. The monoisotopic (exact) mass is 464 g/mol. The molecule has 33 heavy (non-hydrogen) atoms. The Bertz CT molecular complexity index is 1010. The van der Waals surface area contributed by atoms with Crippen LogP contribution >= 0.6 is 0 Å². The molecule has 1 N–H and O–H groups in total. The minimum Gasteiger partial charge on any atom is -0.486 e. The predicted molar refractivity (Wildman–Crippen MR) is 112 cm³/mol. The highest BCUT2D eigenvalue weighted by atomic mass is 19.4. The van der Waals surface area contributed by atoms with E-state index in [4.69, 9.17) is 9.47 Å². The summed E-state index contributed by atoms with van der Waals surface area (Å²) in [6.07, 6.45) is -4.25. The fraction of sp³-hybridized carbons (Fsp3) is 0.391. The number of rotatable bonds is 7. The number of hydrogen-bond donors (Lipinski definition) is 1. The van der Waals surface area contributed by atoms with Crippen molar-refractivity contribution in [3.8, 4) is 11.5 Å². The summed E-state index contributed by atoms with van der Waals surface area (Å²) in [5.41, 5.74) is 2.05. The smallest absolute Gasteiger partial charge is 0.411 e. The standard InChI is InChI=1S/C23H23F3N2O5/c24-23(25,26)14-31-13-16-3-1-15(2-4-16)11-27-22(30)17-9-21(29)28(12-17)18-5-6-19-20(10-18)33-8-7-32-19/h1-6,10,17H,7-9,11-14H2,(H,27,30)/t17-/m0/s1. The van der Waals surface area contributed by atoms with E-state index in [0.29, 0.717) is 36.0 Å². The van der Waals surface area contributed by atoms with Crippen LogP contribution in [0, 0.1) is 5.92 Å². The molecule has 0 bridgehead atoms. The molecule has 1 fully saturated rings. The molecule has 0 aliphatic carbocycles. The Morgan fingerprint density at radius 3 is 2.48 bits per heavy atom. The van der Waals surface area contributed by atoms with E-state index in [0.717, 1.165) is 5.56 Å². The number of halogens is 3. The summed E-state index contributed by atoms with van der Waals surface area (Å²) in [5.74, 6) is 0.340. The minimum atomic E-state index is -4.36. The number of benzene rings is 2. The molecule has 2 aromatic carbocycles. The molecule has 0 radical (unpaired) electrons. The average molecular weight is 464 g/mol. The van der Waals surface area contributed by atoms with E-state index in [1.807, 2.05) is 0 Å². The normalized spacial score (nSPS) is 17.8. The van der Waals surface area contributed by atoms with Crippen molar-refractivity contribution in [1.82, 2.24) is 5.32 Å². The maximum absolute atomic E-state index is 12.6. The zero-order chi connectivity index (χ0) is 23.4. The molecule has 2 aliphatic heterocycles. The maximum Gasteiger partial charge on any atom is 0.411 e. The molecule has 7 nitrogen and oxygen atoms in total. The summed E-state index contributed by atoms with van der Waals surface area (Å²) < 4.78 is 52.1. The molecule has 2 heterocycles. The van der Waals surface area contributed by atoms with Gasteiger partial charge in [-0.05, 0) is 23.3 Å². The van der Waals surface area contributed by atoms with Crippen molar-refractivity contribution >= 4 is 17.5 Å². The van der Waals surface area contributed by atoms with Gasteiger partial charge in [0.1, 0.15) is 19.8 Å². The lowest BCUT2D eigenvalue weighted by Crippen LogP contribution is -2.32. The van der Waals surface area contributed by atoms with Crippen molar-refractivity contribution in [3.63, 3.8) is 0 Å². The van der Waals surface area contributed by atoms with Crippen LogP contribution in [0.25, 0.3) is 0 Å². The van der Waals surface area contributed by atoms with Crippen molar-refractivity contribution in [3.05, 3.63) is 53.6 Å². The first-order valence-corrected chi connectivity index (χ1v) is 10.5. The number of carbonyl (C=O) groups excluding carboxylic acids is 2. The number of alkyl halides is 3. The lowest BCUT2D eigenvalue weighted by atomic mass is 10.1. The number of fused-ring (bicyclic) bond motifs is 1. The van der Waals surface area contributed by atoms with Gasteiger partial charge in [-0.1, -0.05) is 24.3 Å². The predicted octanol–water partition coefficient (Wildman–Crippen LogP) is 3.21. The van der Waals surface area contributed by atoms with Gasteiger partial charge in [0, 0.05) is 31.3 Å². The number of hydrogen-bond acceptors (Lipinski definition) is 5. The average Bonchev–Trinajstić information content (AvgIpc) is 3.19. The fourth-order valence-electron chi connectivity index (χ4n) is 3.70. The van der Waals surface area contributed by atoms with Crippen LogP contribution in [0.15, 0.2) is 42.5 Å². The van der Waals surface area contributed by atoms with Gasteiger partial charge in [-0.3, -0.25) is 9.59 Å². The molecule has 0 unspecified atom stereocenters. The Morgan fingerprint density at radius 2 is 1.76 bits per heavy atom. The Hall–Kier alpha value is -3.27. The quantitative estimate of drug-likeness (QED) is 0.681. The van der Waals surface area contributed by atoms with Gasteiger partial charge < -0.3 is 24.4 Å². The van der Waals surface area contributed by atoms with Crippen LogP contribution in [0.4, 0.5) is 18.9 Å². The first-order valence-electron chi connectivity index (χ1n) is 10.5. The summed E-state index contributed by atoms with van der Waals surface area (Å²) >= 11 is 0. The van der Waals surface area contributed by atoms with Crippen LogP contribution in [-0.4, -0.2) is 44.4 Å². The second-order valence-corrected chi connectivity index (χ2v) is 7.88. The SMILES string of the molecule is O=C(NCc1ccc(COCC(F)(F)F)cc1)[C@H]1CC(=O)N(c2ccc3c(c2)OCCO3)C1. The highest BCUT2D eigenvalue weighted by molar-refractivity contribution is 6.00. The van der Waals surface area contributed by atoms with E-state index in [-0.39, 0.29) is 37.9 Å². The van der Waals surface area contributed by atoms with Crippen LogP contribution in [0.1, 0.15) is 17.5 Å². The molecule has 2 amide bonds. The lowest BCUT2D eigenvalue weighted by molar-refractivity contribution is -0.176. The van der Waals surface area contributed by atoms with Gasteiger partial charge in [0.05, 0.1) is 12.5 Å². The van der Waals surface area contributed by atoms with E-state index in [1.165, 1.54) is 0 Å². The Morgan fingerprint density at radius 1 is 1.06 bits per heavy atom. The molecule has 10 heteroatoms. The van der Waals surface area contributed by atoms with Crippen molar-refractivity contribution < 1.29 is 37.0 Å². The van der Waals surface area contributed by atoms with Crippen molar-refractivity contribution in [1.29, 1.82) is 0 Å². The molecule has 0 saturated carbocycles. The van der Waals surface area contributed by atoms with Gasteiger partial charge >= 0.3 is 6.18 Å². The minimum absolute atomic E-state index is 0.107. The van der Waals surface area contributed by atoms with E-state index < -0.39 is 18.7 Å². The molecule has 1 atom stereocenters. The molecule has 2 aliphatic rings. The second kappa shape index (κ2) is 9.70. The Balaban J connectivity index is 1.27. The summed E-state index contributed by atoms with van der Waals surface area (Å²) in [6.45, 7) is -0.0138. The summed E-state index contributed by atoms with van der Waals surface area (Å²) in [5, 5.41) is 2.82. The summed E-state index contributed by atoms with van der Waals surface area (Å²) in [6, 6.07) is 12.0. The highest BCUT2D eigenvalue weighted by Crippen LogP contribution is 2.36. The van der Waals surface area contributed by atoms with Gasteiger partial charge in [-0.25, -0.2) is 0 Å². The van der Waals surface area contributed by atoms with Gasteiger partial charge in [0.2, 0.25) is 11.8 Å². The van der Waals surface area contributed by atoms with Crippen LogP contribution in [0.5, 0.6) is 11.5 Å². The van der Waals surface area contributed by atoms with Crippen LogP contribution in [0.2, 0.25) is 0 Å². The van der Waals surface area contributed by atoms with E-state index >= 15 is 0 Å². The molecule has 4 rings (SSSR count). The number of anilines is 1. The van der Waals surface area contributed by atoms with Crippen LogP contribution < -0.4 is 19.7 Å². The molecule has 0 aromatic heterocycles. The zero-order valence-corrected chi connectivity index (χ0v) is 17.7. The molecule has 176 valence electrons. The number of carbonyl (C=O) groups is 2. The molecular formula is C23H23F3N2O5. The van der Waals surface area contributed by atoms with Crippen LogP contribution in [0.3, 0.4) is 0 Å². The highest BCUT2D eigenvalue weighted by Gasteiger charge is 2.35. The third kappa shape index (κ3) is 5.95. The summed E-state index contributed by atoms with van der Waals surface area (Å²) in [4.78, 5) is 26.7. The van der Waals surface area contributed by atoms with Crippen molar-refractivity contribution in [2.24, 2.45) is 5.92 Å². The van der Waals surface area contributed by atoms with Gasteiger partial charge in [0.25, 0.3) is 0 Å². The first kappa shape index (κ1) is 22.9. The van der Waals surface area contributed by atoms with Gasteiger partial charge in [0.15, 0.2) is 11.5 Å². The molecule has 1 saturated heterocycles.